The minimum atomic E-state index is -0.444. The Balaban J connectivity index is 2.29. The first-order chi connectivity index (χ1) is 9.51. The van der Waals surface area contributed by atoms with Crippen molar-refractivity contribution in [2.24, 2.45) is 0 Å². The monoisotopic (exact) mass is 368 g/mol. The maximum absolute atomic E-state index is 9.38. The van der Waals surface area contributed by atoms with Crippen molar-refractivity contribution in [2.75, 3.05) is 5.32 Å². The normalized spacial score (nSPS) is 11.8. The molecule has 0 spiro atoms. The van der Waals surface area contributed by atoms with Gasteiger partial charge in [0, 0.05) is 15.2 Å². The number of nitriles is 1. The van der Waals surface area contributed by atoms with Gasteiger partial charge in [-0.1, -0.05) is 29.3 Å². The third kappa shape index (κ3) is 3.46. The van der Waals surface area contributed by atoms with E-state index >= 15 is 0 Å². The van der Waals surface area contributed by atoms with Crippen molar-refractivity contribution in [3.05, 3.63) is 62.0 Å². The SMILES string of the molecule is Cc1cc(Cl)ccc1C(C#N)Nc1ccc(Cl)c(Br)c1. The van der Waals surface area contributed by atoms with Crippen LogP contribution >= 0.6 is 39.1 Å². The number of anilines is 1. The molecule has 0 aromatic heterocycles. The van der Waals surface area contributed by atoms with E-state index in [1.165, 1.54) is 0 Å². The summed E-state index contributed by atoms with van der Waals surface area (Å²) in [6.45, 7) is 1.94. The molecule has 0 radical (unpaired) electrons. The molecular weight excluding hydrogens is 359 g/mol. The number of nitrogens with zero attached hydrogens (tertiary/aromatic N) is 1. The zero-order chi connectivity index (χ0) is 14.7. The van der Waals surface area contributed by atoms with Gasteiger partial charge < -0.3 is 5.32 Å². The molecule has 0 amide bonds. The zero-order valence-electron chi connectivity index (χ0n) is 10.6. The van der Waals surface area contributed by atoms with E-state index in [1.54, 1.807) is 12.1 Å². The molecule has 0 heterocycles. The fraction of sp³-hybridized carbons (Fsp3) is 0.133. The molecule has 0 saturated heterocycles. The van der Waals surface area contributed by atoms with Gasteiger partial charge in [0.1, 0.15) is 6.04 Å². The zero-order valence-corrected chi connectivity index (χ0v) is 13.7. The van der Waals surface area contributed by atoms with Gasteiger partial charge in [-0.25, -0.2) is 0 Å². The molecule has 102 valence electrons. The molecular formula is C15H11BrCl2N2. The van der Waals surface area contributed by atoms with Gasteiger partial charge in [-0.3, -0.25) is 0 Å². The summed E-state index contributed by atoms with van der Waals surface area (Å²) in [6, 6.07) is 12.8. The number of aryl methyl sites for hydroxylation is 1. The predicted octanol–water partition coefficient (Wildman–Crippen LogP) is 5.74. The highest BCUT2D eigenvalue weighted by Crippen LogP contribution is 2.29. The molecule has 5 heteroatoms. The largest absolute Gasteiger partial charge is 0.366 e. The predicted molar refractivity (Wildman–Crippen MR) is 87.3 cm³/mol. The number of halogens is 3. The summed E-state index contributed by atoms with van der Waals surface area (Å²) in [6.07, 6.45) is 0. The molecule has 2 aromatic carbocycles. The topological polar surface area (TPSA) is 35.8 Å². The van der Waals surface area contributed by atoms with Crippen LogP contribution in [0.5, 0.6) is 0 Å². The van der Waals surface area contributed by atoms with Gasteiger partial charge in [-0.2, -0.15) is 5.26 Å². The lowest BCUT2D eigenvalue weighted by Crippen LogP contribution is -2.10. The Bertz CT molecular complexity index is 680. The fourth-order valence-electron chi connectivity index (χ4n) is 1.90. The number of hydrogen-bond donors (Lipinski definition) is 1. The van der Waals surface area contributed by atoms with Gasteiger partial charge in [0.15, 0.2) is 0 Å². The summed E-state index contributed by atoms with van der Waals surface area (Å²) < 4.78 is 0.786. The molecule has 0 aliphatic carbocycles. The van der Waals surface area contributed by atoms with Crippen LogP contribution in [0.2, 0.25) is 10.0 Å². The van der Waals surface area contributed by atoms with Gasteiger partial charge in [-0.15, -0.1) is 0 Å². The number of hydrogen-bond acceptors (Lipinski definition) is 2. The van der Waals surface area contributed by atoms with E-state index in [4.69, 9.17) is 23.2 Å². The van der Waals surface area contributed by atoms with Crippen LogP contribution in [0.15, 0.2) is 40.9 Å². The fourth-order valence-corrected chi connectivity index (χ4v) is 2.62. The van der Waals surface area contributed by atoms with Crippen LogP contribution in [0.4, 0.5) is 5.69 Å². The first-order valence-corrected chi connectivity index (χ1v) is 7.43. The smallest absolute Gasteiger partial charge is 0.140 e. The lowest BCUT2D eigenvalue weighted by molar-refractivity contribution is 0.981. The van der Waals surface area contributed by atoms with Crippen molar-refractivity contribution >= 4 is 44.8 Å². The van der Waals surface area contributed by atoms with E-state index in [9.17, 15) is 5.26 Å². The second kappa shape index (κ2) is 6.49. The van der Waals surface area contributed by atoms with Crippen molar-refractivity contribution in [3.63, 3.8) is 0 Å². The summed E-state index contributed by atoms with van der Waals surface area (Å²) >= 11 is 15.3. The molecule has 1 atom stereocenters. The number of nitrogens with one attached hydrogen (secondary N) is 1. The van der Waals surface area contributed by atoms with Crippen molar-refractivity contribution in [2.45, 2.75) is 13.0 Å². The Morgan fingerprint density at radius 3 is 2.55 bits per heavy atom. The molecule has 0 bridgehead atoms. The number of benzene rings is 2. The Hall–Kier alpha value is -1.21. The third-order valence-electron chi connectivity index (χ3n) is 2.90. The summed E-state index contributed by atoms with van der Waals surface area (Å²) in [5, 5.41) is 13.9. The van der Waals surface area contributed by atoms with Crippen LogP contribution in [0, 0.1) is 18.3 Å². The van der Waals surface area contributed by atoms with Crippen LogP contribution < -0.4 is 5.32 Å². The lowest BCUT2D eigenvalue weighted by atomic mass is 10.0. The maximum Gasteiger partial charge on any atom is 0.140 e. The molecule has 0 aliphatic heterocycles. The van der Waals surface area contributed by atoms with Gasteiger partial charge in [0.05, 0.1) is 11.1 Å². The third-order valence-corrected chi connectivity index (χ3v) is 4.35. The molecule has 2 aromatic rings. The molecule has 1 N–H and O–H groups in total. The first kappa shape index (κ1) is 15.2. The lowest BCUT2D eigenvalue weighted by Gasteiger charge is -2.16. The standard InChI is InChI=1S/C15H11BrCl2N2/c1-9-6-10(17)2-4-12(9)15(8-19)20-11-3-5-14(18)13(16)7-11/h2-7,15,20H,1H3. The molecule has 1 unspecified atom stereocenters. The van der Waals surface area contributed by atoms with Crippen molar-refractivity contribution in [1.29, 1.82) is 5.26 Å². The van der Waals surface area contributed by atoms with Gasteiger partial charge in [0.2, 0.25) is 0 Å². The van der Waals surface area contributed by atoms with Gasteiger partial charge in [-0.05, 0) is 64.3 Å². The van der Waals surface area contributed by atoms with Crippen LogP contribution in [0.25, 0.3) is 0 Å². The van der Waals surface area contributed by atoms with Crippen LogP contribution in [-0.2, 0) is 0 Å². The highest BCUT2D eigenvalue weighted by atomic mass is 79.9. The molecule has 2 rings (SSSR count). The molecule has 20 heavy (non-hydrogen) atoms. The highest BCUT2D eigenvalue weighted by Gasteiger charge is 2.13. The number of rotatable bonds is 3. The maximum atomic E-state index is 9.38. The Morgan fingerprint density at radius 2 is 1.95 bits per heavy atom. The van der Waals surface area contributed by atoms with Gasteiger partial charge in [0.25, 0.3) is 0 Å². The van der Waals surface area contributed by atoms with Crippen LogP contribution in [0.3, 0.4) is 0 Å². The summed E-state index contributed by atoms with van der Waals surface area (Å²) in [5.74, 6) is 0. The van der Waals surface area contributed by atoms with Gasteiger partial charge >= 0.3 is 0 Å². The average Bonchev–Trinajstić information content (AvgIpc) is 2.41. The van der Waals surface area contributed by atoms with Crippen LogP contribution in [0.1, 0.15) is 17.2 Å². The second-order valence-corrected chi connectivity index (χ2v) is 6.03. The Kier molecular flexibility index (Phi) is 4.93. The van der Waals surface area contributed by atoms with Crippen molar-refractivity contribution < 1.29 is 0 Å². The minimum absolute atomic E-state index is 0.444. The summed E-state index contributed by atoms with van der Waals surface area (Å²) in [4.78, 5) is 0. The van der Waals surface area contributed by atoms with Crippen LogP contribution in [-0.4, -0.2) is 0 Å². The van der Waals surface area contributed by atoms with E-state index in [0.29, 0.717) is 10.0 Å². The molecule has 0 aliphatic rings. The summed E-state index contributed by atoms with van der Waals surface area (Å²) in [5.41, 5.74) is 2.70. The Labute approximate surface area is 136 Å². The molecule has 2 nitrogen and oxygen atoms in total. The van der Waals surface area contributed by atoms with E-state index in [2.05, 4.69) is 27.3 Å². The minimum Gasteiger partial charge on any atom is -0.366 e. The Morgan fingerprint density at radius 1 is 1.20 bits per heavy atom. The molecule has 0 fully saturated rings. The summed E-state index contributed by atoms with van der Waals surface area (Å²) in [7, 11) is 0. The molecule has 0 saturated carbocycles. The van der Waals surface area contributed by atoms with E-state index in [-0.39, 0.29) is 0 Å². The highest BCUT2D eigenvalue weighted by molar-refractivity contribution is 9.10. The first-order valence-electron chi connectivity index (χ1n) is 5.88. The van der Waals surface area contributed by atoms with E-state index in [1.807, 2.05) is 31.2 Å². The van der Waals surface area contributed by atoms with E-state index < -0.39 is 6.04 Å². The second-order valence-electron chi connectivity index (χ2n) is 4.34. The van der Waals surface area contributed by atoms with Crippen molar-refractivity contribution in [3.8, 4) is 6.07 Å². The quantitative estimate of drug-likeness (QED) is 0.748. The average molecular weight is 370 g/mol. The van der Waals surface area contributed by atoms with Crippen molar-refractivity contribution in [1.82, 2.24) is 0 Å². The van der Waals surface area contributed by atoms with E-state index in [0.717, 1.165) is 21.3 Å².